The maximum atomic E-state index is 12.8. The van der Waals surface area contributed by atoms with E-state index < -0.39 is 5.97 Å². The molecule has 0 unspecified atom stereocenters. The largest absolute Gasteiger partial charge is 0.495 e. The predicted octanol–water partition coefficient (Wildman–Crippen LogP) is 3.62. The van der Waals surface area contributed by atoms with Gasteiger partial charge in [-0.25, -0.2) is 0 Å². The maximum absolute atomic E-state index is 12.8. The minimum atomic E-state index is -0.488. The summed E-state index contributed by atoms with van der Waals surface area (Å²) >= 11 is 6.23. The molecule has 0 saturated heterocycles. The molecule has 9 heteroatoms. The molecule has 0 saturated carbocycles. The van der Waals surface area contributed by atoms with Crippen molar-refractivity contribution in [3.8, 4) is 5.75 Å². The van der Waals surface area contributed by atoms with Gasteiger partial charge in [0, 0.05) is 18.5 Å². The minimum absolute atomic E-state index is 0.202. The van der Waals surface area contributed by atoms with Gasteiger partial charge in [-0.2, -0.15) is 5.10 Å². The number of halogens is 1. The summed E-state index contributed by atoms with van der Waals surface area (Å²) in [6.07, 6.45) is 1.73. The van der Waals surface area contributed by atoms with E-state index in [0.717, 1.165) is 16.5 Å². The molecule has 1 aromatic heterocycles. The Morgan fingerprint density at radius 1 is 1.19 bits per heavy atom. The van der Waals surface area contributed by atoms with Crippen molar-refractivity contribution in [2.24, 2.45) is 0 Å². The summed E-state index contributed by atoms with van der Waals surface area (Å²) in [5.74, 6) is -0.275. The van der Waals surface area contributed by atoms with Gasteiger partial charge in [-0.15, -0.1) is 0 Å². The Morgan fingerprint density at radius 2 is 2.00 bits per heavy atom. The van der Waals surface area contributed by atoms with E-state index in [9.17, 15) is 9.59 Å². The molecular weight excluding hydrogens is 420 g/mol. The van der Waals surface area contributed by atoms with Gasteiger partial charge in [0.05, 0.1) is 41.7 Å². The van der Waals surface area contributed by atoms with Gasteiger partial charge in [0.1, 0.15) is 12.3 Å². The first-order chi connectivity index (χ1) is 15.0. The molecule has 0 aliphatic carbocycles. The van der Waals surface area contributed by atoms with Gasteiger partial charge in [0.2, 0.25) is 0 Å². The summed E-state index contributed by atoms with van der Waals surface area (Å²) in [6.45, 7) is 4.90. The number of carbonyl (C=O) groups excluding carboxylic acids is 2. The fraction of sp³-hybridized carbons (Fsp3) is 0.318. The van der Waals surface area contributed by atoms with Crippen LogP contribution in [0.25, 0.3) is 10.9 Å². The van der Waals surface area contributed by atoms with Crippen LogP contribution < -0.4 is 15.4 Å². The first-order valence-corrected chi connectivity index (χ1v) is 10.3. The molecule has 1 amide bonds. The van der Waals surface area contributed by atoms with Crippen LogP contribution in [-0.2, 0) is 22.6 Å². The number of nitrogens with one attached hydrogen (secondary N) is 2. The zero-order valence-electron chi connectivity index (χ0n) is 17.7. The second-order valence-corrected chi connectivity index (χ2v) is 7.10. The number of fused-ring (bicyclic) bond motifs is 1. The van der Waals surface area contributed by atoms with E-state index in [0.29, 0.717) is 35.1 Å². The topological polar surface area (TPSA) is 94.5 Å². The molecule has 8 nitrogen and oxygen atoms in total. The smallest absolute Gasteiger partial charge is 0.325 e. The molecular formula is C22H25ClN4O4. The first kappa shape index (κ1) is 22.4. The van der Waals surface area contributed by atoms with E-state index in [4.69, 9.17) is 21.1 Å². The number of hydrogen-bond donors (Lipinski definition) is 2. The second-order valence-electron chi connectivity index (χ2n) is 6.69. The zero-order valence-corrected chi connectivity index (χ0v) is 18.5. The van der Waals surface area contributed by atoms with Crippen LogP contribution in [0.1, 0.15) is 29.8 Å². The van der Waals surface area contributed by atoms with Gasteiger partial charge < -0.3 is 20.1 Å². The Balaban J connectivity index is 1.90. The molecule has 3 rings (SSSR count). The van der Waals surface area contributed by atoms with Crippen LogP contribution in [0.2, 0.25) is 5.02 Å². The van der Waals surface area contributed by atoms with Crippen LogP contribution in [0.15, 0.2) is 36.5 Å². The average molecular weight is 445 g/mol. The van der Waals surface area contributed by atoms with E-state index >= 15 is 0 Å². The van der Waals surface area contributed by atoms with Crippen molar-refractivity contribution in [2.45, 2.75) is 26.9 Å². The average Bonchev–Trinajstić information content (AvgIpc) is 3.19. The Morgan fingerprint density at radius 3 is 2.68 bits per heavy atom. The number of benzene rings is 2. The number of methoxy groups -OCH3 is 1. The number of amides is 1. The van der Waals surface area contributed by atoms with Crippen LogP contribution in [0.3, 0.4) is 0 Å². The van der Waals surface area contributed by atoms with Crippen molar-refractivity contribution in [1.29, 1.82) is 0 Å². The number of aromatic nitrogens is 2. The SMILES string of the molecule is CCOC(=O)CNC(=O)c1ccc2c(cnn2CC)c1NCc1ccc(OC)c(Cl)c1. The van der Waals surface area contributed by atoms with Gasteiger partial charge in [0.15, 0.2) is 0 Å². The monoisotopic (exact) mass is 444 g/mol. The molecule has 164 valence electrons. The summed E-state index contributed by atoms with van der Waals surface area (Å²) in [5, 5.41) is 11.7. The van der Waals surface area contributed by atoms with E-state index in [-0.39, 0.29) is 19.1 Å². The van der Waals surface area contributed by atoms with Crippen molar-refractivity contribution in [3.05, 3.63) is 52.7 Å². The second kappa shape index (κ2) is 10.2. The number of nitrogens with zero attached hydrogens (tertiary/aromatic N) is 2. The summed E-state index contributed by atoms with van der Waals surface area (Å²) < 4.78 is 11.9. The Bertz CT molecular complexity index is 1100. The molecule has 0 radical (unpaired) electrons. The van der Waals surface area contributed by atoms with Crippen molar-refractivity contribution in [1.82, 2.24) is 15.1 Å². The van der Waals surface area contributed by atoms with Gasteiger partial charge in [-0.05, 0) is 43.7 Å². The third-order valence-corrected chi connectivity index (χ3v) is 5.05. The van der Waals surface area contributed by atoms with Crippen LogP contribution in [0, 0.1) is 0 Å². The van der Waals surface area contributed by atoms with Crippen molar-refractivity contribution in [3.63, 3.8) is 0 Å². The number of esters is 1. The highest BCUT2D eigenvalue weighted by molar-refractivity contribution is 6.32. The lowest BCUT2D eigenvalue weighted by atomic mass is 10.1. The fourth-order valence-corrected chi connectivity index (χ4v) is 3.54. The van der Waals surface area contributed by atoms with Crippen LogP contribution in [0.4, 0.5) is 5.69 Å². The predicted molar refractivity (Wildman–Crippen MR) is 120 cm³/mol. The van der Waals surface area contributed by atoms with Gasteiger partial charge in [-0.3, -0.25) is 14.3 Å². The molecule has 2 N–H and O–H groups in total. The van der Waals surface area contributed by atoms with E-state index in [1.54, 1.807) is 32.4 Å². The highest BCUT2D eigenvalue weighted by Crippen LogP contribution is 2.30. The lowest BCUT2D eigenvalue weighted by Gasteiger charge is -2.14. The summed E-state index contributed by atoms with van der Waals surface area (Å²) in [7, 11) is 1.56. The number of rotatable bonds is 9. The standard InChI is InChI=1S/C22H25ClN4O4/c1-4-27-18-8-7-15(22(29)25-13-20(28)31-5-2)21(16(18)12-26-27)24-11-14-6-9-19(30-3)17(23)10-14/h6-10,12,24H,4-5,11,13H2,1-3H3,(H,25,29). The molecule has 0 aliphatic rings. The fourth-order valence-electron chi connectivity index (χ4n) is 3.26. The molecule has 0 fully saturated rings. The highest BCUT2D eigenvalue weighted by Gasteiger charge is 2.18. The summed E-state index contributed by atoms with van der Waals surface area (Å²) in [4.78, 5) is 24.4. The number of anilines is 1. The van der Waals surface area contributed by atoms with Gasteiger partial charge in [0.25, 0.3) is 5.91 Å². The molecule has 0 aliphatic heterocycles. The molecule has 2 aromatic carbocycles. The van der Waals surface area contributed by atoms with Crippen LogP contribution in [-0.4, -0.2) is 41.9 Å². The van der Waals surface area contributed by atoms with Gasteiger partial charge in [-0.1, -0.05) is 17.7 Å². The lowest BCUT2D eigenvalue weighted by molar-refractivity contribution is -0.141. The summed E-state index contributed by atoms with van der Waals surface area (Å²) in [6, 6.07) is 9.07. The Kier molecular flexibility index (Phi) is 7.36. The van der Waals surface area contributed by atoms with Gasteiger partial charge >= 0.3 is 5.97 Å². The number of ether oxygens (including phenoxy) is 2. The Hall–Kier alpha value is -3.26. The van der Waals surface area contributed by atoms with E-state index in [1.807, 2.05) is 29.8 Å². The van der Waals surface area contributed by atoms with Crippen LogP contribution >= 0.6 is 11.6 Å². The molecule has 1 heterocycles. The normalized spacial score (nSPS) is 10.7. The minimum Gasteiger partial charge on any atom is -0.495 e. The van der Waals surface area contributed by atoms with Crippen molar-refractivity contribution in [2.75, 3.05) is 25.6 Å². The number of carbonyl (C=O) groups is 2. The molecule has 0 bridgehead atoms. The van der Waals surface area contributed by atoms with Crippen molar-refractivity contribution >= 4 is 40.1 Å². The highest BCUT2D eigenvalue weighted by atomic mass is 35.5. The third-order valence-electron chi connectivity index (χ3n) is 4.76. The molecule has 31 heavy (non-hydrogen) atoms. The van der Waals surface area contributed by atoms with E-state index in [1.165, 1.54) is 0 Å². The van der Waals surface area contributed by atoms with Crippen LogP contribution in [0.5, 0.6) is 5.75 Å². The van der Waals surface area contributed by atoms with E-state index in [2.05, 4.69) is 15.7 Å². The molecule has 3 aromatic rings. The Labute approximate surface area is 185 Å². The summed E-state index contributed by atoms with van der Waals surface area (Å²) in [5.41, 5.74) is 2.86. The third kappa shape index (κ3) is 5.08. The zero-order chi connectivity index (χ0) is 22.4. The number of hydrogen-bond acceptors (Lipinski definition) is 6. The van der Waals surface area contributed by atoms with Crippen molar-refractivity contribution < 1.29 is 19.1 Å². The first-order valence-electron chi connectivity index (χ1n) is 9.97. The quantitative estimate of drug-likeness (QED) is 0.489. The number of aryl methyl sites for hydroxylation is 1. The molecule has 0 spiro atoms. The maximum Gasteiger partial charge on any atom is 0.325 e. The molecule has 0 atom stereocenters. The lowest BCUT2D eigenvalue weighted by Crippen LogP contribution is -2.31.